The molecule has 17 heavy (non-hydrogen) atoms. The van der Waals surface area contributed by atoms with Crippen LogP contribution in [0.3, 0.4) is 0 Å². The zero-order valence-corrected chi connectivity index (χ0v) is 10.5. The lowest BCUT2D eigenvalue weighted by Gasteiger charge is -2.32. The number of benzene rings is 1. The lowest BCUT2D eigenvalue weighted by Crippen LogP contribution is -2.26. The summed E-state index contributed by atoms with van der Waals surface area (Å²) in [6, 6.07) is 6.85. The molecule has 0 amide bonds. The van der Waals surface area contributed by atoms with Gasteiger partial charge in [-0.15, -0.1) is 13.2 Å². The van der Waals surface area contributed by atoms with Crippen molar-refractivity contribution in [2.75, 3.05) is 13.6 Å². The summed E-state index contributed by atoms with van der Waals surface area (Å²) >= 11 is 0. The second-order valence-corrected chi connectivity index (χ2v) is 4.23. The van der Waals surface area contributed by atoms with Gasteiger partial charge in [-0.05, 0) is 36.5 Å². The van der Waals surface area contributed by atoms with Crippen molar-refractivity contribution in [3.8, 4) is 0 Å². The van der Waals surface area contributed by atoms with E-state index in [1.165, 1.54) is 23.4 Å². The van der Waals surface area contributed by atoms with Crippen LogP contribution in [0, 0.1) is 5.82 Å². The van der Waals surface area contributed by atoms with E-state index in [0.717, 1.165) is 19.4 Å². The molecule has 1 nitrogen and oxygen atoms in total. The van der Waals surface area contributed by atoms with Crippen LogP contribution in [-0.2, 0) is 0 Å². The number of allylic oxidation sites excluding steroid dienone is 1. The third kappa shape index (κ3) is 3.45. The van der Waals surface area contributed by atoms with Crippen LogP contribution >= 0.6 is 0 Å². The van der Waals surface area contributed by atoms with Gasteiger partial charge in [0, 0.05) is 19.3 Å². The molecule has 2 heteroatoms. The molecule has 0 aromatic heterocycles. The Kier molecular flexibility index (Phi) is 4.95. The lowest BCUT2D eigenvalue weighted by molar-refractivity contribution is 0.321. The normalized spacial score (nSPS) is 19.5. The molecule has 0 spiro atoms. The third-order valence-electron chi connectivity index (χ3n) is 3.18. The fourth-order valence-corrected chi connectivity index (χ4v) is 2.07. The minimum absolute atomic E-state index is 0.162. The van der Waals surface area contributed by atoms with E-state index in [2.05, 4.69) is 31.7 Å². The molecule has 92 valence electrons. The van der Waals surface area contributed by atoms with E-state index < -0.39 is 0 Å². The van der Waals surface area contributed by atoms with Crippen molar-refractivity contribution in [1.29, 1.82) is 0 Å². The van der Waals surface area contributed by atoms with Crippen molar-refractivity contribution in [2.24, 2.45) is 0 Å². The average Bonchev–Trinajstić information content (AvgIpc) is 2.36. The van der Waals surface area contributed by atoms with Crippen LogP contribution in [0.5, 0.6) is 0 Å². The highest BCUT2D eigenvalue weighted by molar-refractivity contribution is 5.23. The van der Waals surface area contributed by atoms with E-state index in [1.54, 1.807) is 0 Å². The van der Waals surface area contributed by atoms with Gasteiger partial charge in [0.25, 0.3) is 0 Å². The summed E-state index contributed by atoms with van der Waals surface area (Å²) in [7, 11) is 2.07. The van der Waals surface area contributed by atoms with Gasteiger partial charge in [0.1, 0.15) is 5.82 Å². The van der Waals surface area contributed by atoms with E-state index in [0.29, 0.717) is 5.92 Å². The SMILES string of the molecule is C=C.C=C1CC(c2ccc(F)cc2)CCN1C. The molecule has 0 N–H and O–H groups in total. The number of nitrogens with zero attached hydrogens (tertiary/aromatic N) is 1. The van der Waals surface area contributed by atoms with Crippen LogP contribution < -0.4 is 0 Å². The summed E-state index contributed by atoms with van der Waals surface area (Å²) in [6.45, 7) is 11.1. The Morgan fingerprint density at radius 1 is 1.24 bits per heavy atom. The van der Waals surface area contributed by atoms with Gasteiger partial charge >= 0.3 is 0 Å². The molecule has 0 aliphatic carbocycles. The molecule has 1 aliphatic heterocycles. The minimum Gasteiger partial charge on any atom is -0.378 e. The molecule has 1 fully saturated rings. The molecule has 1 aromatic rings. The largest absolute Gasteiger partial charge is 0.378 e. The van der Waals surface area contributed by atoms with Crippen molar-refractivity contribution in [1.82, 2.24) is 4.90 Å². The maximum Gasteiger partial charge on any atom is 0.123 e. The van der Waals surface area contributed by atoms with Crippen LogP contribution in [0.25, 0.3) is 0 Å². The summed E-state index contributed by atoms with van der Waals surface area (Å²) in [5.41, 5.74) is 2.40. The maximum absolute atomic E-state index is 12.8. The fraction of sp³-hybridized carbons (Fsp3) is 0.333. The molecule has 0 bridgehead atoms. The predicted molar refractivity (Wildman–Crippen MR) is 71.4 cm³/mol. The molecule has 1 unspecified atom stereocenters. The Bertz CT molecular complexity index is 369. The fourth-order valence-electron chi connectivity index (χ4n) is 2.07. The Morgan fingerprint density at radius 3 is 2.35 bits per heavy atom. The van der Waals surface area contributed by atoms with E-state index >= 15 is 0 Å². The number of likely N-dealkylation sites (tertiary alicyclic amines) is 1. The quantitative estimate of drug-likeness (QED) is 0.664. The topological polar surface area (TPSA) is 3.24 Å². The van der Waals surface area contributed by atoms with Crippen molar-refractivity contribution in [2.45, 2.75) is 18.8 Å². The second kappa shape index (κ2) is 6.24. The van der Waals surface area contributed by atoms with E-state index in [9.17, 15) is 4.39 Å². The zero-order chi connectivity index (χ0) is 12.8. The van der Waals surface area contributed by atoms with Gasteiger partial charge in [0.2, 0.25) is 0 Å². The first-order valence-corrected chi connectivity index (χ1v) is 5.81. The Morgan fingerprint density at radius 2 is 1.82 bits per heavy atom. The number of hydrogen-bond acceptors (Lipinski definition) is 1. The zero-order valence-electron chi connectivity index (χ0n) is 10.5. The van der Waals surface area contributed by atoms with Gasteiger partial charge in [-0.2, -0.15) is 0 Å². The summed E-state index contributed by atoms with van der Waals surface area (Å²) in [5.74, 6) is 0.347. The lowest BCUT2D eigenvalue weighted by atomic mass is 9.88. The highest BCUT2D eigenvalue weighted by Gasteiger charge is 2.20. The van der Waals surface area contributed by atoms with Crippen LogP contribution in [0.15, 0.2) is 49.7 Å². The highest BCUT2D eigenvalue weighted by Crippen LogP contribution is 2.31. The van der Waals surface area contributed by atoms with Crippen molar-refractivity contribution < 1.29 is 4.39 Å². The molecular formula is C15H20FN. The van der Waals surface area contributed by atoms with Gasteiger partial charge < -0.3 is 4.90 Å². The monoisotopic (exact) mass is 233 g/mol. The van der Waals surface area contributed by atoms with E-state index in [1.807, 2.05) is 12.1 Å². The number of hydrogen-bond donors (Lipinski definition) is 0. The average molecular weight is 233 g/mol. The van der Waals surface area contributed by atoms with E-state index in [4.69, 9.17) is 0 Å². The molecular weight excluding hydrogens is 213 g/mol. The van der Waals surface area contributed by atoms with Crippen LogP contribution in [-0.4, -0.2) is 18.5 Å². The molecule has 2 rings (SSSR count). The van der Waals surface area contributed by atoms with E-state index in [-0.39, 0.29) is 5.82 Å². The molecule has 1 atom stereocenters. The highest BCUT2D eigenvalue weighted by atomic mass is 19.1. The first-order chi connectivity index (χ1) is 8.16. The molecule has 0 saturated carbocycles. The number of rotatable bonds is 1. The van der Waals surface area contributed by atoms with Gasteiger partial charge in [-0.1, -0.05) is 18.7 Å². The van der Waals surface area contributed by atoms with Gasteiger partial charge in [0.15, 0.2) is 0 Å². The predicted octanol–water partition coefficient (Wildman–Crippen LogP) is 3.95. The molecule has 1 heterocycles. The van der Waals surface area contributed by atoms with Gasteiger partial charge in [0.05, 0.1) is 0 Å². The first kappa shape index (κ1) is 13.5. The third-order valence-corrected chi connectivity index (χ3v) is 3.18. The van der Waals surface area contributed by atoms with Crippen molar-refractivity contribution in [3.63, 3.8) is 0 Å². The summed E-state index contributed by atoms with van der Waals surface area (Å²) in [6.07, 6.45) is 2.11. The minimum atomic E-state index is -0.162. The second-order valence-electron chi connectivity index (χ2n) is 4.23. The number of halogens is 1. The van der Waals surface area contributed by atoms with Gasteiger partial charge in [-0.3, -0.25) is 0 Å². The Hall–Kier alpha value is -1.57. The maximum atomic E-state index is 12.8. The molecule has 1 saturated heterocycles. The summed E-state index contributed by atoms with van der Waals surface area (Å²) < 4.78 is 12.8. The molecule has 1 aliphatic rings. The smallest absolute Gasteiger partial charge is 0.123 e. The van der Waals surface area contributed by atoms with Gasteiger partial charge in [-0.25, -0.2) is 4.39 Å². The molecule has 0 radical (unpaired) electrons. The van der Waals surface area contributed by atoms with Crippen LogP contribution in [0.4, 0.5) is 4.39 Å². The summed E-state index contributed by atoms with van der Waals surface area (Å²) in [5, 5.41) is 0. The molecule has 1 aromatic carbocycles. The first-order valence-electron chi connectivity index (χ1n) is 5.81. The van der Waals surface area contributed by atoms with Crippen LogP contribution in [0.1, 0.15) is 24.3 Å². The summed E-state index contributed by atoms with van der Waals surface area (Å²) in [4.78, 5) is 2.19. The van der Waals surface area contributed by atoms with Crippen LogP contribution in [0.2, 0.25) is 0 Å². The van der Waals surface area contributed by atoms with Crippen molar-refractivity contribution in [3.05, 3.63) is 61.1 Å². The Labute approximate surface area is 103 Å². The van der Waals surface area contributed by atoms with Crippen molar-refractivity contribution >= 4 is 0 Å². The standard InChI is InChI=1S/C13H16FN.C2H4/c1-10-9-12(7-8-15(10)2)11-3-5-13(14)6-4-11;1-2/h3-6,12H,1,7-9H2,2H3;1-2H2. The Balaban J connectivity index is 0.000000686. The number of piperidine rings is 1.